The summed E-state index contributed by atoms with van der Waals surface area (Å²) in [5.41, 5.74) is 5.46. The number of nitrogens with zero attached hydrogens (tertiary/aromatic N) is 2. The van der Waals surface area contributed by atoms with Crippen LogP contribution in [0.1, 0.15) is 32.1 Å². The monoisotopic (exact) mass is 516 g/mol. The summed E-state index contributed by atoms with van der Waals surface area (Å²) < 4.78 is 173. The summed E-state index contributed by atoms with van der Waals surface area (Å²) in [6.07, 6.45) is -10.1. The van der Waals surface area contributed by atoms with Gasteiger partial charge >= 0.3 is 47.5 Å². The summed E-state index contributed by atoms with van der Waals surface area (Å²) in [7, 11) is 0. The van der Waals surface area contributed by atoms with Crippen LogP contribution >= 0.6 is 0 Å². The van der Waals surface area contributed by atoms with E-state index in [-0.39, 0.29) is 12.8 Å². The molecule has 0 aliphatic heterocycles. The quantitative estimate of drug-likeness (QED) is 0.160. The second kappa shape index (κ2) is 8.60. The molecule has 0 heterocycles. The number of rotatable bonds is 9. The number of carbonyl (C=O) groups excluding carboxylic acids is 1. The number of esters is 1. The lowest BCUT2D eigenvalue weighted by molar-refractivity contribution is -0.440. The van der Waals surface area contributed by atoms with Gasteiger partial charge in [-0.2, -0.15) is 61.9 Å². The molecule has 33 heavy (non-hydrogen) atoms. The van der Waals surface area contributed by atoms with Gasteiger partial charge in [0.15, 0.2) is 5.60 Å². The molecule has 0 aromatic rings. The standard InChI is InChI=1S/C15H13F13N2O3/c16-10(17,5-6-33-8(31)7(30-29)9(32)3-1-2-4-9)11(18,19)12(20,21)13(22,23)14(24,25)15(26,27)28/h32H,1-6H2. The van der Waals surface area contributed by atoms with Gasteiger partial charge in [-0.25, -0.2) is 4.79 Å². The summed E-state index contributed by atoms with van der Waals surface area (Å²) in [5.74, 6) is -39.6. The van der Waals surface area contributed by atoms with Gasteiger partial charge in [-0.1, -0.05) is 0 Å². The van der Waals surface area contributed by atoms with Crippen molar-refractivity contribution >= 4 is 11.7 Å². The number of carbonyl (C=O) groups is 1. The average molecular weight is 516 g/mol. The van der Waals surface area contributed by atoms with Gasteiger partial charge in [-0.05, 0) is 25.7 Å². The van der Waals surface area contributed by atoms with Gasteiger partial charge in [-0.3, -0.25) is 0 Å². The first kappa shape index (κ1) is 28.9. The number of hydrogen-bond donors (Lipinski definition) is 1. The molecule has 0 atom stereocenters. The minimum Gasteiger partial charge on any atom is -0.457 e. The summed E-state index contributed by atoms with van der Waals surface area (Å²) in [4.78, 5) is 14.1. The van der Waals surface area contributed by atoms with E-state index in [0.29, 0.717) is 12.8 Å². The SMILES string of the molecule is [N-]=[N+]=C(C(=O)OCCC(F)(F)C(F)(F)C(F)(F)C(F)(F)C(F)(F)C(F)(F)F)C1(O)CCCC1. The Bertz CT molecular complexity index is 797. The normalized spacial score (nSPS) is 18.1. The average Bonchev–Trinajstić information content (AvgIpc) is 3.07. The third-order valence-corrected chi connectivity index (χ3v) is 4.81. The van der Waals surface area contributed by atoms with Crippen LogP contribution in [0, 0.1) is 0 Å². The number of aliphatic hydroxyl groups is 1. The molecule has 0 aromatic carbocycles. The lowest BCUT2D eigenvalue weighted by atomic mass is 9.93. The van der Waals surface area contributed by atoms with E-state index in [1.165, 1.54) is 0 Å². The summed E-state index contributed by atoms with van der Waals surface area (Å²) in [6, 6.07) is 0. The van der Waals surface area contributed by atoms with Crippen LogP contribution in [0.5, 0.6) is 0 Å². The molecule has 1 aliphatic rings. The van der Waals surface area contributed by atoms with Crippen LogP contribution in [0.15, 0.2) is 0 Å². The van der Waals surface area contributed by atoms with Crippen molar-refractivity contribution in [3.8, 4) is 0 Å². The highest BCUT2D eigenvalue weighted by Crippen LogP contribution is 2.60. The Morgan fingerprint density at radius 3 is 1.64 bits per heavy atom. The first-order valence-electron chi connectivity index (χ1n) is 8.61. The molecule has 5 nitrogen and oxygen atoms in total. The zero-order chi connectivity index (χ0) is 26.3. The Balaban J connectivity index is 3.06. The number of halogens is 13. The molecule has 1 N–H and O–H groups in total. The van der Waals surface area contributed by atoms with Crippen LogP contribution < -0.4 is 0 Å². The Hall–Kier alpha value is -2.10. The number of ether oxygens (including phenoxy) is 1. The summed E-state index contributed by atoms with van der Waals surface area (Å²) >= 11 is 0. The van der Waals surface area contributed by atoms with Crippen molar-refractivity contribution in [1.29, 1.82) is 0 Å². The maximum absolute atomic E-state index is 13.6. The van der Waals surface area contributed by atoms with Gasteiger partial charge in [0.05, 0.1) is 13.0 Å². The zero-order valence-corrected chi connectivity index (χ0v) is 15.8. The molecule has 192 valence electrons. The van der Waals surface area contributed by atoms with E-state index >= 15 is 0 Å². The van der Waals surface area contributed by atoms with Crippen LogP contribution in [0.2, 0.25) is 0 Å². The molecule has 18 heteroatoms. The van der Waals surface area contributed by atoms with Crippen LogP contribution in [0.25, 0.3) is 5.53 Å². The van der Waals surface area contributed by atoms with E-state index < -0.39 is 66.1 Å². The maximum atomic E-state index is 13.6. The van der Waals surface area contributed by atoms with Crippen molar-refractivity contribution in [2.24, 2.45) is 0 Å². The Labute approximate surface area is 175 Å². The van der Waals surface area contributed by atoms with Crippen molar-refractivity contribution in [2.75, 3.05) is 6.61 Å². The van der Waals surface area contributed by atoms with Crippen LogP contribution in [0.3, 0.4) is 0 Å². The molecule has 0 saturated heterocycles. The minimum atomic E-state index is -8.02. The van der Waals surface area contributed by atoms with E-state index in [0.717, 1.165) is 0 Å². The number of hydrogen-bond acceptors (Lipinski definition) is 3. The second-order valence-electron chi connectivity index (χ2n) is 7.07. The molecule has 0 radical (unpaired) electrons. The van der Waals surface area contributed by atoms with E-state index in [2.05, 4.69) is 9.53 Å². The Morgan fingerprint density at radius 2 is 1.24 bits per heavy atom. The summed E-state index contributed by atoms with van der Waals surface area (Å²) in [6.45, 7) is -2.01. The smallest absolute Gasteiger partial charge is 0.457 e. The third-order valence-electron chi connectivity index (χ3n) is 4.81. The molecular formula is C15H13F13N2O3. The van der Waals surface area contributed by atoms with E-state index in [4.69, 9.17) is 5.53 Å². The number of alkyl halides is 13. The van der Waals surface area contributed by atoms with E-state index in [9.17, 15) is 67.0 Å². The van der Waals surface area contributed by atoms with Gasteiger partial charge in [0, 0.05) is 0 Å². The van der Waals surface area contributed by atoms with Gasteiger partial charge in [-0.15, -0.1) is 0 Å². The van der Waals surface area contributed by atoms with Crippen LogP contribution in [-0.4, -0.2) is 69.6 Å². The highest BCUT2D eigenvalue weighted by Gasteiger charge is 2.90. The fourth-order valence-electron chi connectivity index (χ4n) is 2.82. The topological polar surface area (TPSA) is 82.9 Å². The van der Waals surface area contributed by atoms with Gasteiger partial charge in [0.1, 0.15) is 0 Å². The predicted molar refractivity (Wildman–Crippen MR) is 78.4 cm³/mol. The van der Waals surface area contributed by atoms with Gasteiger partial charge < -0.3 is 15.4 Å². The van der Waals surface area contributed by atoms with Crippen molar-refractivity contribution < 1.29 is 76.5 Å². The zero-order valence-electron chi connectivity index (χ0n) is 15.8. The third kappa shape index (κ3) is 4.63. The lowest BCUT2D eigenvalue weighted by Crippen LogP contribution is -2.70. The minimum absolute atomic E-state index is 0.190. The summed E-state index contributed by atoms with van der Waals surface area (Å²) in [5, 5.41) is 10.0. The molecular weight excluding hydrogens is 503 g/mol. The van der Waals surface area contributed by atoms with Gasteiger partial charge in [0.2, 0.25) is 0 Å². The molecule has 0 bridgehead atoms. The maximum Gasteiger partial charge on any atom is 0.460 e. The van der Waals surface area contributed by atoms with Crippen LogP contribution in [-0.2, 0) is 9.53 Å². The molecule has 1 saturated carbocycles. The van der Waals surface area contributed by atoms with E-state index in [1.807, 2.05) is 0 Å². The highest BCUT2D eigenvalue weighted by atomic mass is 19.4. The van der Waals surface area contributed by atoms with Crippen molar-refractivity contribution in [2.45, 2.75) is 73.5 Å². The van der Waals surface area contributed by atoms with E-state index in [1.54, 1.807) is 0 Å². The fourth-order valence-corrected chi connectivity index (χ4v) is 2.82. The van der Waals surface area contributed by atoms with Crippen molar-refractivity contribution in [3.63, 3.8) is 0 Å². The van der Waals surface area contributed by atoms with Crippen LogP contribution in [0.4, 0.5) is 57.1 Å². The molecule has 1 fully saturated rings. The molecule has 0 amide bonds. The Kier molecular flexibility index (Phi) is 7.54. The molecule has 0 aromatic heterocycles. The largest absolute Gasteiger partial charge is 0.460 e. The van der Waals surface area contributed by atoms with Crippen molar-refractivity contribution in [3.05, 3.63) is 5.53 Å². The fraction of sp³-hybridized carbons (Fsp3) is 0.867. The van der Waals surface area contributed by atoms with Crippen molar-refractivity contribution in [1.82, 2.24) is 0 Å². The highest BCUT2D eigenvalue weighted by molar-refractivity contribution is 6.37. The van der Waals surface area contributed by atoms with Gasteiger partial charge in [0.25, 0.3) is 0 Å². The molecule has 0 spiro atoms. The second-order valence-corrected chi connectivity index (χ2v) is 7.07. The molecule has 1 rings (SSSR count). The molecule has 0 unspecified atom stereocenters. The first-order chi connectivity index (χ1) is 14.5. The Morgan fingerprint density at radius 1 is 0.818 bits per heavy atom. The first-order valence-corrected chi connectivity index (χ1v) is 8.61. The lowest BCUT2D eigenvalue weighted by Gasteiger charge is -2.39. The predicted octanol–water partition coefficient (Wildman–Crippen LogP) is 4.63. The molecule has 1 aliphatic carbocycles.